The van der Waals surface area contributed by atoms with Gasteiger partial charge in [-0.25, -0.2) is 0 Å². The van der Waals surface area contributed by atoms with Crippen LogP contribution in [0.25, 0.3) is 0 Å². The highest BCUT2D eigenvalue weighted by molar-refractivity contribution is 6.31. The van der Waals surface area contributed by atoms with Crippen molar-refractivity contribution >= 4 is 29.1 Å². The molecule has 0 aliphatic carbocycles. The molecule has 1 aliphatic heterocycles. The number of carbonyl (C=O) groups is 2. The number of likely N-dealkylation sites (tertiary alicyclic amines) is 1. The Morgan fingerprint density at radius 1 is 1.04 bits per heavy atom. The lowest BCUT2D eigenvalue weighted by atomic mass is 10.1. The third-order valence-corrected chi connectivity index (χ3v) is 4.45. The van der Waals surface area contributed by atoms with Crippen LogP contribution in [0.5, 0.6) is 0 Å². The molecular formula is C19H19ClN2O2. The van der Waals surface area contributed by atoms with E-state index >= 15 is 0 Å². The molecule has 1 N–H and O–H groups in total. The fourth-order valence-corrected chi connectivity index (χ4v) is 2.99. The number of nitrogens with one attached hydrogen (secondary N) is 1. The molecule has 2 amide bonds. The zero-order valence-corrected chi connectivity index (χ0v) is 14.3. The van der Waals surface area contributed by atoms with Gasteiger partial charge in [-0.3, -0.25) is 9.59 Å². The minimum atomic E-state index is -0.253. The first-order valence-corrected chi connectivity index (χ1v) is 8.39. The van der Waals surface area contributed by atoms with Crippen LogP contribution in [-0.4, -0.2) is 29.8 Å². The maximum atomic E-state index is 12.5. The molecule has 0 unspecified atom stereocenters. The predicted molar refractivity (Wildman–Crippen MR) is 95.7 cm³/mol. The fraction of sp³-hybridized carbons (Fsp3) is 0.263. The molecule has 2 aromatic rings. The Morgan fingerprint density at radius 2 is 1.75 bits per heavy atom. The Labute approximate surface area is 146 Å². The molecule has 0 spiro atoms. The Hall–Kier alpha value is -2.33. The van der Waals surface area contributed by atoms with Crippen LogP contribution in [0.4, 0.5) is 5.69 Å². The average Bonchev–Trinajstić information content (AvgIpc) is 3.12. The first-order valence-electron chi connectivity index (χ1n) is 8.01. The smallest absolute Gasteiger partial charge is 0.255 e. The lowest BCUT2D eigenvalue weighted by Gasteiger charge is -2.15. The van der Waals surface area contributed by atoms with Gasteiger partial charge >= 0.3 is 0 Å². The molecule has 1 saturated heterocycles. The van der Waals surface area contributed by atoms with E-state index in [0.717, 1.165) is 31.5 Å². The summed E-state index contributed by atoms with van der Waals surface area (Å²) in [5.41, 5.74) is 2.60. The molecule has 1 fully saturated rings. The summed E-state index contributed by atoms with van der Waals surface area (Å²) in [7, 11) is 0. The van der Waals surface area contributed by atoms with Crippen molar-refractivity contribution < 1.29 is 9.59 Å². The van der Waals surface area contributed by atoms with Crippen molar-refractivity contribution in [2.75, 3.05) is 18.4 Å². The van der Waals surface area contributed by atoms with Crippen molar-refractivity contribution in [3.8, 4) is 0 Å². The number of halogens is 1. The minimum absolute atomic E-state index is 0.0129. The van der Waals surface area contributed by atoms with Crippen molar-refractivity contribution in [3.05, 3.63) is 64.2 Å². The Balaban J connectivity index is 1.79. The number of carbonyl (C=O) groups excluding carboxylic acids is 2. The van der Waals surface area contributed by atoms with Gasteiger partial charge in [-0.15, -0.1) is 0 Å². The third-order valence-electron chi connectivity index (χ3n) is 4.21. The van der Waals surface area contributed by atoms with E-state index in [-0.39, 0.29) is 11.8 Å². The van der Waals surface area contributed by atoms with Gasteiger partial charge in [-0.05, 0) is 55.7 Å². The molecule has 0 radical (unpaired) electrons. The molecule has 124 valence electrons. The summed E-state index contributed by atoms with van der Waals surface area (Å²) in [5, 5.41) is 3.42. The van der Waals surface area contributed by atoms with Crippen molar-refractivity contribution in [2.24, 2.45) is 0 Å². The van der Waals surface area contributed by atoms with Gasteiger partial charge in [0.15, 0.2) is 0 Å². The molecule has 5 heteroatoms. The van der Waals surface area contributed by atoms with Gasteiger partial charge in [0.1, 0.15) is 0 Å². The van der Waals surface area contributed by atoms with Crippen LogP contribution in [0, 0.1) is 6.92 Å². The molecule has 0 aromatic heterocycles. The maximum Gasteiger partial charge on any atom is 0.255 e. The van der Waals surface area contributed by atoms with E-state index in [1.165, 1.54) is 0 Å². The normalized spacial score (nSPS) is 13.8. The third kappa shape index (κ3) is 3.60. The number of benzene rings is 2. The van der Waals surface area contributed by atoms with Crippen LogP contribution >= 0.6 is 11.6 Å². The van der Waals surface area contributed by atoms with Gasteiger partial charge in [0.05, 0.1) is 0 Å². The van der Waals surface area contributed by atoms with E-state index in [1.807, 2.05) is 17.9 Å². The zero-order chi connectivity index (χ0) is 17.1. The number of anilines is 1. The second kappa shape index (κ2) is 7.05. The molecule has 0 atom stereocenters. The quantitative estimate of drug-likeness (QED) is 0.911. The topological polar surface area (TPSA) is 49.4 Å². The van der Waals surface area contributed by atoms with Crippen LogP contribution in [0.15, 0.2) is 42.5 Å². The van der Waals surface area contributed by atoms with Gasteiger partial charge in [0, 0.05) is 34.9 Å². The number of hydrogen-bond acceptors (Lipinski definition) is 2. The molecule has 0 saturated carbocycles. The summed E-state index contributed by atoms with van der Waals surface area (Å²) in [6.07, 6.45) is 2.08. The summed E-state index contributed by atoms with van der Waals surface area (Å²) < 4.78 is 0. The maximum absolute atomic E-state index is 12.5. The summed E-state index contributed by atoms with van der Waals surface area (Å²) in [6, 6.07) is 12.2. The predicted octanol–water partition coefficient (Wildman–Crippen LogP) is 4.14. The summed E-state index contributed by atoms with van der Waals surface area (Å²) in [5.74, 6) is -0.266. The molecule has 0 bridgehead atoms. The van der Waals surface area contributed by atoms with E-state index in [9.17, 15) is 9.59 Å². The van der Waals surface area contributed by atoms with Crippen LogP contribution in [0.1, 0.15) is 39.1 Å². The van der Waals surface area contributed by atoms with Crippen molar-refractivity contribution in [1.82, 2.24) is 4.90 Å². The van der Waals surface area contributed by atoms with Gasteiger partial charge in [-0.2, -0.15) is 0 Å². The van der Waals surface area contributed by atoms with E-state index < -0.39 is 0 Å². The first kappa shape index (κ1) is 16.5. The van der Waals surface area contributed by atoms with Crippen LogP contribution < -0.4 is 5.32 Å². The van der Waals surface area contributed by atoms with Gasteiger partial charge in [0.2, 0.25) is 0 Å². The lowest BCUT2D eigenvalue weighted by Crippen LogP contribution is -2.27. The summed E-state index contributed by atoms with van der Waals surface area (Å²) >= 11 is 5.98. The van der Waals surface area contributed by atoms with Crippen molar-refractivity contribution in [1.29, 1.82) is 0 Å². The Bertz CT molecular complexity index is 783. The Morgan fingerprint density at radius 3 is 2.50 bits per heavy atom. The first-order chi connectivity index (χ1) is 11.5. The number of aryl methyl sites for hydroxylation is 1. The zero-order valence-electron chi connectivity index (χ0n) is 13.5. The van der Waals surface area contributed by atoms with E-state index in [4.69, 9.17) is 11.6 Å². The standard InChI is InChI=1S/C19H19ClN2O2/c1-13-7-8-16(20)12-17(13)21-18(23)14-5-4-6-15(11-14)19(24)22-9-2-3-10-22/h4-8,11-12H,2-3,9-10H2,1H3,(H,21,23). The number of hydrogen-bond donors (Lipinski definition) is 1. The Kier molecular flexibility index (Phi) is 4.86. The highest BCUT2D eigenvalue weighted by atomic mass is 35.5. The van der Waals surface area contributed by atoms with Crippen molar-refractivity contribution in [2.45, 2.75) is 19.8 Å². The van der Waals surface area contributed by atoms with Crippen LogP contribution in [-0.2, 0) is 0 Å². The summed E-state index contributed by atoms with van der Waals surface area (Å²) in [4.78, 5) is 26.8. The minimum Gasteiger partial charge on any atom is -0.339 e. The molecule has 2 aromatic carbocycles. The van der Waals surface area contributed by atoms with Gasteiger partial charge in [-0.1, -0.05) is 23.7 Å². The number of amides is 2. The second-order valence-electron chi connectivity index (χ2n) is 5.99. The second-order valence-corrected chi connectivity index (χ2v) is 6.43. The average molecular weight is 343 g/mol. The molecule has 1 aliphatic rings. The molecule has 24 heavy (non-hydrogen) atoms. The highest BCUT2D eigenvalue weighted by Crippen LogP contribution is 2.21. The fourth-order valence-electron chi connectivity index (χ4n) is 2.82. The SMILES string of the molecule is Cc1ccc(Cl)cc1NC(=O)c1cccc(C(=O)N2CCCC2)c1. The monoisotopic (exact) mass is 342 g/mol. The molecule has 4 nitrogen and oxygen atoms in total. The summed E-state index contributed by atoms with van der Waals surface area (Å²) in [6.45, 7) is 3.48. The van der Waals surface area contributed by atoms with Crippen molar-refractivity contribution in [3.63, 3.8) is 0 Å². The largest absolute Gasteiger partial charge is 0.339 e. The van der Waals surface area contributed by atoms with Crippen LogP contribution in [0.2, 0.25) is 5.02 Å². The number of rotatable bonds is 3. The van der Waals surface area contributed by atoms with Gasteiger partial charge in [0.25, 0.3) is 11.8 Å². The van der Waals surface area contributed by atoms with Crippen LogP contribution in [0.3, 0.4) is 0 Å². The molecular weight excluding hydrogens is 324 g/mol. The van der Waals surface area contributed by atoms with Gasteiger partial charge < -0.3 is 10.2 Å². The highest BCUT2D eigenvalue weighted by Gasteiger charge is 2.20. The molecule has 3 rings (SSSR count). The van der Waals surface area contributed by atoms with E-state index in [1.54, 1.807) is 36.4 Å². The van der Waals surface area contributed by atoms with E-state index in [0.29, 0.717) is 21.8 Å². The van der Waals surface area contributed by atoms with E-state index in [2.05, 4.69) is 5.32 Å². The molecule has 1 heterocycles. The lowest BCUT2D eigenvalue weighted by molar-refractivity contribution is 0.0793. The number of nitrogens with zero attached hydrogens (tertiary/aromatic N) is 1.